The summed E-state index contributed by atoms with van der Waals surface area (Å²) in [6.07, 6.45) is 4.39. The molecule has 1 aromatic heterocycles. The minimum absolute atomic E-state index is 0.315. The zero-order valence-electron chi connectivity index (χ0n) is 11.4. The zero-order chi connectivity index (χ0) is 13.4. The fourth-order valence-corrected chi connectivity index (χ4v) is 2.38. The van der Waals surface area contributed by atoms with Crippen molar-refractivity contribution in [3.63, 3.8) is 0 Å². The number of hydrogen-bond acceptors (Lipinski definition) is 3. The van der Waals surface area contributed by atoms with Crippen molar-refractivity contribution in [3.8, 4) is 0 Å². The molecule has 0 aliphatic heterocycles. The van der Waals surface area contributed by atoms with Crippen LogP contribution in [0, 0.1) is 6.92 Å². The Morgan fingerprint density at radius 1 is 1.28 bits per heavy atom. The molecule has 0 saturated carbocycles. The summed E-state index contributed by atoms with van der Waals surface area (Å²) in [6, 6.07) is 0. The smallest absolute Gasteiger partial charge is 0.0739 e. The van der Waals surface area contributed by atoms with E-state index in [9.17, 15) is 0 Å². The topological polar surface area (TPSA) is 50.1 Å². The fraction of sp³-hybridized carbons (Fsp3) is 0.769. The van der Waals surface area contributed by atoms with Crippen molar-refractivity contribution in [1.29, 1.82) is 0 Å². The summed E-state index contributed by atoms with van der Waals surface area (Å²) in [6.45, 7) is 7.22. The maximum absolute atomic E-state index is 8.68. The van der Waals surface area contributed by atoms with Crippen molar-refractivity contribution in [3.05, 3.63) is 15.9 Å². The van der Waals surface area contributed by atoms with Crippen molar-refractivity contribution in [2.75, 3.05) is 13.2 Å². The number of rotatable bonds is 9. The van der Waals surface area contributed by atoms with E-state index in [1.165, 1.54) is 12.1 Å². The largest absolute Gasteiger partial charge is 0.396 e. The summed E-state index contributed by atoms with van der Waals surface area (Å²) in [5.41, 5.74) is 2.28. The normalized spacial score (nSPS) is 11.1. The molecule has 0 amide bonds. The van der Waals surface area contributed by atoms with E-state index in [0.717, 1.165) is 49.1 Å². The zero-order valence-corrected chi connectivity index (χ0v) is 13.0. The van der Waals surface area contributed by atoms with Gasteiger partial charge in [0, 0.05) is 19.7 Å². The third kappa shape index (κ3) is 4.71. The molecule has 0 atom stereocenters. The molecule has 0 radical (unpaired) electrons. The van der Waals surface area contributed by atoms with E-state index in [1.54, 1.807) is 0 Å². The second kappa shape index (κ2) is 8.67. The number of hydrogen-bond donors (Lipinski definition) is 2. The van der Waals surface area contributed by atoms with Gasteiger partial charge in [-0.3, -0.25) is 4.68 Å². The Labute approximate surface area is 118 Å². The second-order valence-corrected chi connectivity index (χ2v) is 5.27. The Balaban J connectivity index is 2.26. The Morgan fingerprint density at radius 3 is 2.67 bits per heavy atom. The standard InChI is InChI=1S/C13H24BrN3O/c1-3-17-12(13(14)11(2)16-17)10-15-8-6-4-5-7-9-18/h15,18H,3-10H2,1-2H3. The van der Waals surface area contributed by atoms with Gasteiger partial charge in [0.1, 0.15) is 0 Å². The number of halogens is 1. The molecule has 0 aromatic carbocycles. The summed E-state index contributed by atoms with van der Waals surface area (Å²) >= 11 is 3.59. The Hall–Kier alpha value is -0.390. The molecule has 104 valence electrons. The van der Waals surface area contributed by atoms with Gasteiger partial charge < -0.3 is 10.4 Å². The average Bonchev–Trinajstić information content (AvgIpc) is 2.65. The number of aliphatic hydroxyl groups excluding tert-OH is 1. The van der Waals surface area contributed by atoms with Gasteiger partial charge >= 0.3 is 0 Å². The highest BCUT2D eigenvalue weighted by molar-refractivity contribution is 9.10. The molecule has 1 heterocycles. The monoisotopic (exact) mass is 317 g/mol. The van der Waals surface area contributed by atoms with Gasteiger partial charge in [0.05, 0.1) is 15.9 Å². The number of aryl methyl sites for hydroxylation is 2. The number of unbranched alkanes of at least 4 members (excludes halogenated alkanes) is 3. The predicted octanol–water partition coefficient (Wildman–Crippen LogP) is 2.62. The lowest BCUT2D eigenvalue weighted by atomic mass is 10.2. The lowest BCUT2D eigenvalue weighted by Crippen LogP contribution is -2.18. The van der Waals surface area contributed by atoms with Crippen LogP contribution in [-0.2, 0) is 13.1 Å². The molecule has 1 aromatic rings. The highest BCUT2D eigenvalue weighted by Gasteiger charge is 2.10. The molecule has 0 fully saturated rings. The average molecular weight is 318 g/mol. The van der Waals surface area contributed by atoms with E-state index < -0.39 is 0 Å². The highest BCUT2D eigenvalue weighted by Crippen LogP contribution is 2.20. The minimum Gasteiger partial charge on any atom is -0.396 e. The van der Waals surface area contributed by atoms with Crippen molar-refractivity contribution in [2.24, 2.45) is 0 Å². The van der Waals surface area contributed by atoms with Gasteiger partial charge in [0.15, 0.2) is 0 Å². The Kier molecular flexibility index (Phi) is 7.54. The van der Waals surface area contributed by atoms with Crippen LogP contribution in [0.25, 0.3) is 0 Å². The first-order valence-corrected chi connectivity index (χ1v) is 7.53. The van der Waals surface area contributed by atoms with Crippen LogP contribution < -0.4 is 5.32 Å². The third-order valence-electron chi connectivity index (χ3n) is 3.01. The molecule has 0 unspecified atom stereocenters. The summed E-state index contributed by atoms with van der Waals surface area (Å²) in [7, 11) is 0. The van der Waals surface area contributed by atoms with E-state index in [2.05, 4.69) is 33.3 Å². The fourth-order valence-electron chi connectivity index (χ4n) is 1.96. The van der Waals surface area contributed by atoms with Crippen molar-refractivity contribution >= 4 is 15.9 Å². The van der Waals surface area contributed by atoms with Gasteiger partial charge in [-0.1, -0.05) is 12.8 Å². The molecule has 0 spiro atoms. The molecular formula is C13H24BrN3O. The summed E-state index contributed by atoms with van der Waals surface area (Å²) in [5, 5.41) is 16.6. The van der Waals surface area contributed by atoms with Gasteiger partial charge in [-0.25, -0.2) is 0 Å². The SMILES string of the molecule is CCn1nc(C)c(Br)c1CNCCCCCCO. The predicted molar refractivity (Wildman–Crippen MR) is 77.6 cm³/mol. The lowest BCUT2D eigenvalue weighted by Gasteiger charge is -2.07. The number of nitrogens with zero attached hydrogens (tertiary/aromatic N) is 2. The van der Waals surface area contributed by atoms with Crippen LogP contribution in [0.3, 0.4) is 0 Å². The highest BCUT2D eigenvalue weighted by atomic mass is 79.9. The van der Waals surface area contributed by atoms with E-state index in [-0.39, 0.29) is 0 Å². The number of nitrogens with one attached hydrogen (secondary N) is 1. The van der Waals surface area contributed by atoms with Crippen LogP contribution in [0.5, 0.6) is 0 Å². The third-order valence-corrected chi connectivity index (χ3v) is 4.04. The van der Waals surface area contributed by atoms with Gasteiger partial charge in [0.25, 0.3) is 0 Å². The lowest BCUT2D eigenvalue weighted by molar-refractivity contribution is 0.282. The van der Waals surface area contributed by atoms with Crippen LogP contribution in [0.4, 0.5) is 0 Å². The molecule has 4 nitrogen and oxygen atoms in total. The number of aromatic nitrogens is 2. The van der Waals surface area contributed by atoms with Gasteiger partial charge in [-0.05, 0) is 49.2 Å². The first-order chi connectivity index (χ1) is 8.70. The van der Waals surface area contributed by atoms with Crippen LogP contribution >= 0.6 is 15.9 Å². The molecule has 5 heteroatoms. The summed E-state index contributed by atoms with van der Waals surface area (Å²) in [5.74, 6) is 0. The molecule has 0 bridgehead atoms. The van der Waals surface area contributed by atoms with Gasteiger partial charge in [0.2, 0.25) is 0 Å². The van der Waals surface area contributed by atoms with E-state index in [1.807, 2.05) is 11.6 Å². The minimum atomic E-state index is 0.315. The van der Waals surface area contributed by atoms with Crippen LogP contribution in [0.2, 0.25) is 0 Å². The Bertz CT molecular complexity index is 352. The molecular weight excluding hydrogens is 294 g/mol. The Morgan fingerprint density at radius 2 is 2.00 bits per heavy atom. The van der Waals surface area contributed by atoms with E-state index >= 15 is 0 Å². The summed E-state index contributed by atoms with van der Waals surface area (Å²) in [4.78, 5) is 0. The molecule has 0 aliphatic rings. The molecule has 18 heavy (non-hydrogen) atoms. The van der Waals surface area contributed by atoms with Gasteiger partial charge in [-0.15, -0.1) is 0 Å². The van der Waals surface area contributed by atoms with Crippen molar-refractivity contribution < 1.29 is 5.11 Å². The quantitative estimate of drug-likeness (QED) is 0.688. The number of aliphatic hydroxyl groups is 1. The molecule has 2 N–H and O–H groups in total. The van der Waals surface area contributed by atoms with Crippen LogP contribution in [-0.4, -0.2) is 28.0 Å². The maximum atomic E-state index is 8.68. The van der Waals surface area contributed by atoms with Crippen molar-refractivity contribution in [2.45, 2.75) is 52.6 Å². The van der Waals surface area contributed by atoms with E-state index in [4.69, 9.17) is 5.11 Å². The summed E-state index contributed by atoms with van der Waals surface area (Å²) < 4.78 is 3.16. The maximum Gasteiger partial charge on any atom is 0.0739 e. The van der Waals surface area contributed by atoms with Crippen LogP contribution in [0.1, 0.15) is 44.0 Å². The first kappa shape index (κ1) is 15.7. The molecule has 0 aliphatic carbocycles. The second-order valence-electron chi connectivity index (χ2n) is 4.48. The first-order valence-electron chi connectivity index (χ1n) is 6.74. The van der Waals surface area contributed by atoms with E-state index in [0.29, 0.717) is 6.61 Å². The van der Waals surface area contributed by atoms with Crippen molar-refractivity contribution in [1.82, 2.24) is 15.1 Å². The molecule has 1 rings (SSSR count). The van der Waals surface area contributed by atoms with Gasteiger partial charge in [-0.2, -0.15) is 5.10 Å². The van der Waals surface area contributed by atoms with Crippen LogP contribution in [0.15, 0.2) is 4.47 Å². The molecule has 0 saturated heterocycles.